The Kier molecular flexibility index (Phi) is 5.45. The number of ketones is 2. The maximum Gasteiger partial charge on any atom is 0.401 e. The fourth-order valence-electron chi connectivity index (χ4n) is 1.14. The predicted octanol–water partition coefficient (Wildman–Crippen LogP) is 0.156. The first-order valence-corrected chi connectivity index (χ1v) is 5.97. The van der Waals surface area contributed by atoms with Gasteiger partial charge in [0.05, 0.1) is 5.03 Å². The number of hydrogen-bond donors (Lipinski definition) is 2. The summed E-state index contributed by atoms with van der Waals surface area (Å²) in [5.41, 5.74) is 0.206. The van der Waals surface area contributed by atoms with E-state index >= 15 is 0 Å². The van der Waals surface area contributed by atoms with Crippen LogP contribution in [0.25, 0.3) is 0 Å². The van der Waals surface area contributed by atoms with Crippen LogP contribution in [0.4, 0.5) is 0 Å². The van der Waals surface area contributed by atoms with Gasteiger partial charge < -0.3 is 15.3 Å². The van der Waals surface area contributed by atoms with Crippen LogP contribution in [0.2, 0.25) is 0 Å². The molecule has 9 heteroatoms. The van der Waals surface area contributed by atoms with Gasteiger partial charge in [-0.05, 0) is 11.8 Å². The summed E-state index contributed by atoms with van der Waals surface area (Å²) in [7, 11) is 0. The molecule has 0 radical (unpaired) electrons. The molecular weight excluding hydrogens is 325 g/mol. The van der Waals surface area contributed by atoms with E-state index in [2.05, 4.69) is 4.98 Å². The molecule has 1 heterocycles. The number of Topliss-reactive ketones (excluding diaryl/α,β-unsaturated/α-hetero) is 2. The van der Waals surface area contributed by atoms with Crippen LogP contribution in [0.5, 0.6) is 0 Å². The Morgan fingerprint density at radius 3 is 2.19 bits per heavy atom. The smallest absolute Gasteiger partial charge is 0.401 e. The van der Waals surface area contributed by atoms with Crippen molar-refractivity contribution in [3.8, 4) is 0 Å². The number of carbonyl (C=O) groups is 3. The van der Waals surface area contributed by atoms with Crippen LogP contribution in [-0.4, -0.2) is 27.7 Å². The number of rotatable bonds is 1. The Morgan fingerprint density at radius 2 is 1.76 bits per heavy atom. The zero-order valence-electron chi connectivity index (χ0n) is 10.1. The van der Waals surface area contributed by atoms with Crippen molar-refractivity contribution in [1.29, 1.82) is 0 Å². The van der Waals surface area contributed by atoms with Gasteiger partial charge in [0, 0.05) is 12.1 Å². The molecule has 0 saturated heterocycles. The lowest BCUT2D eigenvalue weighted by atomic mass is 10.1. The first kappa shape index (κ1) is 16.7. The van der Waals surface area contributed by atoms with E-state index in [0.717, 1.165) is 0 Å². The second-order valence-corrected chi connectivity index (χ2v) is 4.30. The molecule has 7 nitrogen and oxygen atoms in total. The molecular formula is C12H7Cl2NO6. The molecule has 1 aliphatic rings. The van der Waals surface area contributed by atoms with Gasteiger partial charge in [0.1, 0.15) is 5.03 Å². The normalized spacial score (nSPS) is 14.8. The van der Waals surface area contributed by atoms with E-state index in [1.807, 2.05) is 0 Å². The van der Waals surface area contributed by atoms with Crippen LogP contribution in [-0.2, 0) is 9.59 Å². The zero-order valence-corrected chi connectivity index (χ0v) is 11.6. The number of aromatic nitrogens is 1. The standard InChI is InChI=1S/C6H2Cl2O4.C6H5NO2/c7-1-3(9)5(11)2(8)6(12)4(1)10;8-6(9)5-3-1-2-4-7-5/h9,12H;1-4H,(H,8,9). The number of aromatic amines is 1. The van der Waals surface area contributed by atoms with Gasteiger partial charge in [-0.1, -0.05) is 23.2 Å². The molecule has 0 spiro atoms. The van der Waals surface area contributed by atoms with Crippen molar-refractivity contribution in [2.45, 2.75) is 0 Å². The molecule has 0 aromatic carbocycles. The molecule has 0 amide bonds. The molecule has 0 aliphatic heterocycles. The van der Waals surface area contributed by atoms with Crippen LogP contribution in [0, 0.1) is 0 Å². The van der Waals surface area contributed by atoms with Gasteiger partial charge in [0.25, 0.3) is 5.69 Å². The number of aliphatic hydroxyl groups is 1. The van der Waals surface area contributed by atoms with Crippen molar-refractivity contribution in [2.75, 3.05) is 0 Å². The highest BCUT2D eigenvalue weighted by atomic mass is 35.5. The highest BCUT2D eigenvalue weighted by Gasteiger charge is 2.28. The molecule has 1 aliphatic carbocycles. The molecule has 21 heavy (non-hydrogen) atoms. The Balaban J connectivity index is 0.000000219. The van der Waals surface area contributed by atoms with Crippen molar-refractivity contribution in [2.24, 2.45) is 0 Å². The number of carbonyl (C=O) groups excluding carboxylic acids is 2. The minimum Gasteiger partial charge on any atom is -0.869 e. The van der Waals surface area contributed by atoms with Crippen LogP contribution in [0.3, 0.4) is 0 Å². The van der Waals surface area contributed by atoms with Crippen molar-refractivity contribution in [3.05, 3.63) is 51.7 Å². The van der Waals surface area contributed by atoms with Crippen LogP contribution in [0.15, 0.2) is 46.0 Å². The number of carboxylic acid groups (broad SMARTS) is 1. The Hall–Kier alpha value is -2.38. The average Bonchev–Trinajstić information content (AvgIpc) is 2.50. The van der Waals surface area contributed by atoms with Crippen LogP contribution in [0.1, 0.15) is 10.5 Å². The predicted molar refractivity (Wildman–Crippen MR) is 68.4 cm³/mol. The third-order valence-corrected chi connectivity index (χ3v) is 2.86. The highest BCUT2D eigenvalue weighted by Crippen LogP contribution is 2.24. The minimum absolute atomic E-state index is 0.206. The lowest BCUT2D eigenvalue weighted by molar-refractivity contribution is -0.383. The number of hydrogen-bond acceptors (Lipinski definition) is 5. The topological polar surface area (TPSA) is 129 Å². The number of aromatic carboxylic acids is 1. The second-order valence-electron chi connectivity index (χ2n) is 3.55. The van der Waals surface area contributed by atoms with Crippen molar-refractivity contribution in [3.63, 3.8) is 0 Å². The number of nitrogens with one attached hydrogen (secondary N) is 1. The molecule has 0 atom stereocenters. The summed E-state index contributed by atoms with van der Waals surface area (Å²) >= 11 is 10.3. The van der Waals surface area contributed by atoms with E-state index in [1.54, 1.807) is 18.3 Å². The van der Waals surface area contributed by atoms with Gasteiger partial charge in [-0.2, -0.15) is 0 Å². The first-order valence-electron chi connectivity index (χ1n) is 5.22. The molecule has 0 saturated carbocycles. The fourth-order valence-corrected chi connectivity index (χ4v) is 1.49. The maximum atomic E-state index is 10.8. The fraction of sp³-hybridized carbons (Fsp3) is 0. The summed E-state index contributed by atoms with van der Waals surface area (Å²) in [5.74, 6) is -5.39. The van der Waals surface area contributed by atoms with E-state index in [4.69, 9.17) is 33.4 Å². The van der Waals surface area contributed by atoms with Gasteiger partial charge in [-0.25, -0.2) is 9.78 Å². The molecule has 0 unspecified atom stereocenters. The summed E-state index contributed by atoms with van der Waals surface area (Å²) in [6, 6.07) is 4.90. The van der Waals surface area contributed by atoms with Crippen molar-refractivity contribution < 1.29 is 34.7 Å². The third-order valence-electron chi connectivity index (χ3n) is 2.17. The highest BCUT2D eigenvalue weighted by molar-refractivity contribution is 6.55. The summed E-state index contributed by atoms with van der Waals surface area (Å²) in [6.07, 6.45) is 1.57. The van der Waals surface area contributed by atoms with Crippen LogP contribution >= 0.6 is 23.2 Å². The lowest BCUT2D eigenvalue weighted by Gasteiger charge is -2.17. The van der Waals surface area contributed by atoms with Crippen molar-refractivity contribution >= 4 is 40.7 Å². The Labute approximate surface area is 127 Å². The summed E-state index contributed by atoms with van der Waals surface area (Å²) in [4.78, 5) is 34.2. The number of carboxylic acids is 1. The van der Waals surface area contributed by atoms with Crippen LogP contribution < -0.4 is 10.1 Å². The number of H-pyrrole nitrogens is 1. The number of aliphatic hydroxyl groups excluding tert-OH is 1. The summed E-state index contributed by atoms with van der Waals surface area (Å²) in [6.45, 7) is 0. The zero-order chi connectivity index (χ0) is 16.2. The van der Waals surface area contributed by atoms with Gasteiger partial charge in [-0.3, -0.25) is 9.59 Å². The maximum absolute atomic E-state index is 10.8. The minimum atomic E-state index is -1.19. The molecule has 1 aromatic heterocycles. The molecule has 0 bridgehead atoms. The lowest BCUT2D eigenvalue weighted by Crippen LogP contribution is -2.26. The van der Waals surface area contributed by atoms with Gasteiger partial charge in [0.15, 0.2) is 17.7 Å². The molecule has 3 N–H and O–H groups in total. The molecule has 0 fully saturated rings. The Bertz CT molecular complexity index is 604. The Morgan fingerprint density at radius 1 is 1.14 bits per heavy atom. The number of halogens is 2. The van der Waals surface area contributed by atoms with E-state index in [0.29, 0.717) is 0 Å². The second kappa shape index (κ2) is 6.87. The van der Waals surface area contributed by atoms with Crippen molar-refractivity contribution in [1.82, 2.24) is 0 Å². The molecule has 1 aromatic rings. The first-order chi connectivity index (χ1) is 9.77. The quantitative estimate of drug-likeness (QED) is 0.705. The number of pyridine rings is 1. The summed E-state index contributed by atoms with van der Waals surface area (Å²) in [5, 5.41) is 26.3. The third kappa shape index (κ3) is 3.80. The average molecular weight is 332 g/mol. The van der Waals surface area contributed by atoms with E-state index in [9.17, 15) is 19.5 Å². The molecule has 2 rings (SSSR count). The van der Waals surface area contributed by atoms with E-state index in [1.165, 1.54) is 6.07 Å². The van der Waals surface area contributed by atoms with E-state index in [-0.39, 0.29) is 5.69 Å². The summed E-state index contributed by atoms with van der Waals surface area (Å²) < 4.78 is 0. The van der Waals surface area contributed by atoms with Gasteiger partial charge in [-0.15, -0.1) is 0 Å². The van der Waals surface area contributed by atoms with Gasteiger partial charge >= 0.3 is 5.97 Å². The largest absolute Gasteiger partial charge is 0.869 e. The van der Waals surface area contributed by atoms with Gasteiger partial charge in [0.2, 0.25) is 5.78 Å². The van der Waals surface area contributed by atoms with E-state index < -0.39 is 39.1 Å². The monoisotopic (exact) mass is 331 g/mol. The molecule has 110 valence electrons. The number of allylic oxidation sites excluding steroid dienone is 2. The SMILES string of the molecule is O=C(O)c1cccc[nH+]1.O=C1C(O)=C(Cl)C(=O)C([O-])=C1Cl.